The highest BCUT2D eigenvalue weighted by Gasteiger charge is 2.06. The summed E-state index contributed by atoms with van der Waals surface area (Å²) < 4.78 is 0. The highest BCUT2D eigenvalue weighted by molar-refractivity contribution is 5.72. The summed E-state index contributed by atoms with van der Waals surface area (Å²) >= 11 is 0. The molecule has 104 valence electrons. The highest BCUT2D eigenvalue weighted by Crippen LogP contribution is 2.04. The van der Waals surface area contributed by atoms with Crippen LogP contribution in [0.4, 0.5) is 0 Å². The zero-order chi connectivity index (χ0) is 14.8. The van der Waals surface area contributed by atoms with Crippen molar-refractivity contribution in [2.75, 3.05) is 0 Å². The maximum absolute atomic E-state index is 11.9. The Labute approximate surface area is 117 Å². The lowest BCUT2D eigenvalue weighted by atomic mass is 10.2. The summed E-state index contributed by atoms with van der Waals surface area (Å²) in [5.74, 6) is 0. The van der Waals surface area contributed by atoms with Crippen molar-refractivity contribution in [3.63, 3.8) is 0 Å². The van der Waals surface area contributed by atoms with E-state index in [1.165, 1.54) is 6.08 Å². The van der Waals surface area contributed by atoms with Crippen LogP contribution < -0.4 is 16.8 Å². The van der Waals surface area contributed by atoms with E-state index in [9.17, 15) is 14.4 Å². The molecule has 0 bridgehead atoms. The van der Waals surface area contributed by atoms with Gasteiger partial charge in [0.25, 0.3) is 11.1 Å². The number of nitrogens with one attached hydrogen (secondary N) is 3. The normalized spacial score (nSPS) is 11.2. The third kappa shape index (κ3) is 2.57. The lowest BCUT2D eigenvalue weighted by Gasteiger charge is -1.97. The fraction of sp³-hybridized carbons (Fsp3) is 0. The number of hydrogen-bond acceptors (Lipinski definition) is 4. The van der Waals surface area contributed by atoms with Gasteiger partial charge in [0, 0.05) is 0 Å². The van der Waals surface area contributed by atoms with Gasteiger partial charge in [-0.15, -0.1) is 0 Å². The van der Waals surface area contributed by atoms with Crippen LogP contribution in [0.25, 0.3) is 23.3 Å². The summed E-state index contributed by atoms with van der Waals surface area (Å²) in [5, 5.41) is 0. The monoisotopic (exact) mass is 282 g/mol. The van der Waals surface area contributed by atoms with Crippen molar-refractivity contribution in [1.29, 1.82) is 0 Å². The molecule has 0 aliphatic rings. The molecule has 7 nitrogen and oxygen atoms in total. The van der Waals surface area contributed by atoms with Crippen LogP contribution in [0.2, 0.25) is 0 Å². The average molecular weight is 282 g/mol. The third-order valence-electron chi connectivity index (χ3n) is 2.86. The molecule has 0 spiro atoms. The number of hydrogen-bond donors (Lipinski definition) is 3. The Kier molecular flexibility index (Phi) is 3.07. The number of rotatable bonds is 2. The van der Waals surface area contributed by atoms with Crippen LogP contribution in [0.1, 0.15) is 11.3 Å². The average Bonchev–Trinajstić information content (AvgIpc) is 2.47. The van der Waals surface area contributed by atoms with E-state index in [2.05, 4.69) is 15.0 Å². The second-order valence-electron chi connectivity index (χ2n) is 4.33. The highest BCUT2D eigenvalue weighted by atomic mass is 16.2. The van der Waals surface area contributed by atoms with Crippen molar-refractivity contribution in [3.8, 4) is 0 Å². The molecule has 1 aromatic carbocycles. The molecule has 0 fully saturated rings. The molecule has 0 amide bonds. The van der Waals surface area contributed by atoms with Crippen LogP contribution >= 0.6 is 0 Å². The second-order valence-corrected chi connectivity index (χ2v) is 4.33. The zero-order valence-corrected chi connectivity index (χ0v) is 10.7. The van der Waals surface area contributed by atoms with Crippen molar-refractivity contribution in [3.05, 3.63) is 72.8 Å². The van der Waals surface area contributed by atoms with Gasteiger partial charge in [-0.2, -0.15) is 0 Å². The van der Waals surface area contributed by atoms with Gasteiger partial charge in [-0.1, -0.05) is 36.4 Å². The molecule has 0 radical (unpaired) electrons. The number of aromatic amines is 3. The van der Waals surface area contributed by atoms with Gasteiger partial charge in [0.15, 0.2) is 11.2 Å². The van der Waals surface area contributed by atoms with E-state index < -0.39 is 16.8 Å². The van der Waals surface area contributed by atoms with Gasteiger partial charge < -0.3 is 4.98 Å². The Morgan fingerprint density at radius 1 is 0.857 bits per heavy atom. The fourth-order valence-electron chi connectivity index (χ4n) is 1.88. The summed E-state index contributed by atoms with van der Waals surface area (Å²) in [4.78, 5) is 45.4. The van der Waals surface area contributed by atoms with E-state index in [0.717, 1.165) is 5.56 Å². The molecule has 0 saturated heterocycles. The van der Waals surface area contributed by atoms with E-state index in [1.807, 2.05) is 35.3 Å². The number of benzene rings is 1. The largest absolute Gasteiger partial charge is 0.327 e. The minimum absolute atomic E-state index is 0.0380. The Morgan fingerprint density at radius 2 is 1.62 bits per heavy atom. The molecule has 2 heterocycles. The van der Waals surface area contributed by atoms with Gasteiger partial charge in [-0.3, -0.25) is 19.6 Å². The standard InChI is InChI=1S/C14H10N4O3/c19-12-9(7-6-8-4-2-1-3-5-8)15-11-10(16-12)13(20)18-14(21)17-11/h1-7H,(H,16,19)(H2,15,17,18,20,21)/b7-6+. The molecule has 0 unspecified atom stereocenters. The Balaban J connectivity index is 2.14. The van der Waals surface area contributed by atoms with Gasteiger partial charge in [-0.05, 0) is 11.6 Å². The van der Waals surface area contributed by atoms with E-state index in [-0.39, 0.29) is 16.9 Å². The molecular weight excluding hydrogens is 272 g/mol. The first-order chi connectivity index (χ1) is 10.1. The molecule has 2 aromatic heterocycles. The van der Waals surface area contributed by atoms with E-state index >= 15 is 0 Å². The van der Waals surface area contributed by atoms with Crippen molar-refractivity contribution in [2.45, 2.75) is 0 Å². The summed E-state index contributed by atoms with van der Waals surface area (Å²) in [6.07, 6.45) is 3.24. The van der Waals surface area contributed by atoms with Crippen molar-refractivity contribution in [1.82, 2.24) is 19.9 Å². The van der Waals surface area contributed by atoms with Gasteiger partial charge in [-0.25, -0.2) is 9.78 Å². The van der Waals surface area contributed by atoms with Crippen molar-refractivity contribution < 1.29 is 0 Å². The Bertz CT molecular complexity index is 996. The molecule has 0 saturated carbocycles. The molecule has 3 N–H and O–H groups in total. The van der Waals surface area contributed by atoms with Crippen molar-refractivity contribution >= 4 is 23.3 Å². The molecule has 3 aromatic rings. The first kappa shape index (κ1) is 12.8. The maximum Gasteiger partial charge on any atom is 0.327 e. The number of aromatic nitrogens is 4. The van der Waals surface area contributed by atoms with Crippen LogP contribution in [0.5, 0.6) is 0 Å². The maximum atomic E-state index is 11.9. The quantitative estimate of drug-likeness (QED) is 0.634. The number of fused-ring (bicyclic) bond motifs is 1. The van der Waals surface area contributed by atoms with E-state index in [1.54, 1.807) is 6.08 Å². The molecule has 0 atom stereocenters. The van der Waals surface area contributed by atoms with Crippen LogP contribution in [0.3, 0.4) is 0 Å². The van der Waals surface area contributed by atoms with Crippen LogP contribution in [-0.2, 0) is 0 Å². The van der Waals surface area contributed by atoms with Crippen LogP contribution in [-0.4, -0.2) is 19.9 Å². The first-order valence-corrected chi connectivity index (χ1v) is 6.13. The molecular formula is C14H10N4O3. The van der Waals surface area contributed by atoms with Gasteiger partial charge in [0.1, 0.15) is 5.69 Å². The summed E-state index contributed by atoms with van der Waals surface area (Å²) in [7, 11) is 0. The summed E-state index contributed by atoms with van der Waals surface area (Å²) in [5.41, 5.74) is -0.882. The number of H-pyrrole nitrogens is 3. The Hall–Kier alpha value is -3.22. The van der Waals surface area contributed by atoms with E-state index in [4.69, 9.17) is 0 Å². The van der Waals surface area contributed by atoms with E-state index in [0.29, 0.717) is 0 Å². The Morgan fingerprint density at radius 3 is 2.38 bits per heavy atom. The molecule has 3 rings (SSSR count). The lowest BCUT2D eigenvalue weighted by Crippen LogP contribution is -2.26. The van der Waals surface area contributed by atoms with Crippen LogP contribution in [0, 0.1) is 0 Å². The molecule has 0 aliphatic heterocycles. The summed E-state index contributed by atoms with van der Waals surface area (Å²) in [6.45, 7) is 0. The smallest absolute Gasteiger partial charge is 0.313 e. The van der Waals surface area contributed by atoms with Gasteiger partial charge in [0.2, 0.25) is 0 Å². The minimum atomic E-state index is -0.683. The third-order valence-corrected chi connectivity index (χ3v) is 2.86. The zero-order valence-electron chi connectivity index (χ0n) is 10.7. The molecule has 7 heteroatoms. The van der Waals surface area contributed by atoms with Gasteiger partial charge >= 0.3 is 5.69 Å². The second kappa shape index (κ2) is 5.04. The minimum Gasteiger partial charge on any atom is -0.313 e. The SMILES string of the molecule is O=c1[nH]c(=O)c2[nH]c(=O)c(/C=C/c3ccccc3)nc2[nH]1. The predicted octanol–water partition coefficient (Wildman–Crippen LogP) is 0.470. The first-order valence-electron chi connectivity index (χ1n) is 6.13. The predicted molar refractivity (Wildman–Crippen MR) is 79.0 cm³/mol. The topological polar surface area (TPSA) is 111 Å². The van der Waals surface area contributed by atoms with Crippen LogP contribution in [0.15, 0.2) is 44.7 Å². The van der Waals surface area contributed by atoms with Crippen molar-refractivity contribution in [2.24, 2.45) is 0 Å². The molecule has 21 heavy (non-hydrogen) atoms. The lowest BCUT2D eigenvalue weighted by molar-refractivity contribution is 1.03. The summed E-state index contributed by atoms with van der Waals surface area (Å²) in [6, 6.07) is 9.37. The molecule has 0 aliphatic carbocycles. The number of nitrogens with zero attached hydrogens (tertiary/aromatic N) is 1. The van der Waals surface area contributed by atoms with Gasteiger partial charge in [0.05, 0.1) is 0 Å². The fourth-order valence-corrected chi connectivity index (χ4v) is 1.88.